The molecule has 0 saturated carbocycles. The Hall–Kier alpha value is -2.89. The second-order valence-corrected chi connectivity index (χ2v) is 5.36. The topological polar surface area (TPSA) is 80.3 Å². The molecule has 2 aromatic rings. The van der Waals surface area contributed by atoms with Crippen molar-refractivity contribution >= 4 is 11.8 Å². The fraction of sp³-hybridized carbons (Fsp3) is 0.278. The molecule has 0 aliphatic carbocycles. The Morgan fingerprint density at radius 1 is 1.04 bits per heavy atom. The van der Waals surface area contributed by atoms with E-state index >= 15 is 0 Å². The van der Waals surface area contributed by atoms with Gasteiger partial charge >= 0.3 is 11.8 Å². The first-order valence-corrected chi connectivity index (χ1v) is 7.69. The summed E-state index contributed by atoms with van der Waals surface area (Å²) in [5.41, 5.74) is 2.85. The molecule has 2 rings (SSSR count). The van der Waals surface area contributed by atoms with Gasteiger partial charge in [0, 0.05) is 31.4 Å². The maximum Gasteiger partial charge on any atom is 0.309 e. The van der Waals surface area contributed by atoms with Gasteiger partial charge in [0.25, 0.3) is 0 Å². The highest BCUT2D eigenvalue weighted by atomic mass is 16.5. The van der Waals surface area contributed by atoms with E-state index in [1.807, 2.05) is 31.2 Å². The fourth-order valence-electron chi connectivity index (χ4n) is 2.04. The quantitative estimate of drug-likeness (QED) is 0.786. The van der Waals surface area contributed by atoms with Gasteiger partial charge in [-0.25, -0.2) is 0 Å². The molecule has 0 bridgehead atoms. The highest BCUT2D eigenvalue weighted by molar-refractivity contribution is 6.35. The van der Waals surface area contributed by atoms with Gasteiger partial charge < -0.3 is 15.4 Å². The summed E-state index contributed by atoms with van der Waals surface area (Å²) in [6, 6.07) is 11.1. The minimum Gasteiger partial charge on any atom is -0.497 e. The van der Waals surface area contributed by atoms with E-state index in [1.54, 1.807) is 25.4 Å². The molecule has 0 fully saturated rings. The zero-order valence-corrected chi connectivity index (χ0v) is 13.8. The minimum absolute atomic E-state index is 0.287. The first kappa shape index (κ1) is 17.5. The summed E-state index contributed by atoms with van der Waals surface area (Å²) < 4.78 is 5.06. The zero-order valence-electron chi connectivity index (χ0n) is 13.8. The van der Waals surface area contributed by atoms with Crippen molar-refractivity contribution in [1.82, 2.24) is 15.6 Å². The van der Waals surface area contributed by atoms with Crippen LogP contribution in [0.25, 0.3) is 0 Å². The number of ether oxygens (including phenoxy) is 1. The molecule has 6 heteroatoms. The summed E-state index contributed by atoms with van der Waals surface area (Å²) in [5.74, 6) is -0.550. The summed E-state index contributed by atoms with van der Waals surface area (Å²) in [6.07, 6.45) is 2.36. The molecule has 0 saturated heterocycles. The normalized spacial score (nSPS) is 10.1. The molecule has 0 aliphatic rings. The smallest absolute Gasteiger partial charge is 0.309 e. The van der Waals surface area contributed by atoms with Crippen LogP contribution in [0, 0.1) is 6.92 Å². The highest BCUT2D eigenvalue weighted by Gasteiger charge is 2.12. The van der Waals surface area contributed by atoms with E-state index in [0.717, 1.165) is 22.6 Å². The molecular formula is C18H21N3O3. The molecule has 1 heterocycles. The van der Waals surface area contributed by atoms with Crippen LogP contribution in [0.3, 0.4) is 0 Å². The second-order valence-electron chi connectivity index (χ2n) is 5.36. The number of hydrogen-bond donors (Lipinski definition) is 2. The van der Waals surface area contributed by atoms with Crippen molar-refractivity contribution in [3.05, 3.63) is 59.4 Å². The van der Waals surface area contributed by atoms with E-state index < -0.39 is 11.8 Å². The maximum absolute atomic E-state index is 11.8. The van der Waals surface area contributed by atoms with Gasteiger partial charge in [-0.2, -0.15) is 0 Å². The molecule has 24 heavy (non-hydrogen) atoms. The molecule has 2 amide bonds. The third-order valence-corrected chi connectivity index (χ3v) is 3.46. The Bertz CT molecular complexity index is 682. The van der Waals surface area contributed by atoms with Crippen LogP contribution in [0.15, 0.2) is 42.6 Å². The summed E-state index contributed by atoms with van der Waals surface area (Å²) >= 11 is 0. The lowest BCUT2D eigenvalue weighted by Crippen LogP contribution is -2.40. The van der Waals surface area contributed by atoms with Crippen LogP contribution in [0.4, 0.5) is 0 Å². The SMILES string of the molecule is COc1ccc(CNC(=O)C(=O)NCCc2ccc(C)cn2)cc1. The van der Waals surface area contributed by atoms with E-state index in [0.29, 0.717) is 13.0 Å². The summed E-state index contributed by atoms with van der Waals surface area (Å²) in [5, 5.41) is 5.17. The molecule has 0 spiro atoms. The molecule has 6 nitrogen and oxygen atoms in total. The van der Waals surface area contributed by atoms with Crippen LogP contribution in [0.5, 0.6) is 5.75 Å². The van der Waals surface area contributed by atoms with Crippen LogP contribution in [-0.2, 0) is 22.6 Å². The molecule has 2 N–H and O–H groups in total. The monoisotopic (exact) mass is 327 g/mol. The second kappa shape index (κ2) is 8.67. The van der Waals surface area contributed by atoms with Crippen molar-refractivity contribution in [3.63, 3.8) is 0 Å². The number of amides is 2. The number of methoxy groups -OCH3 is 1. The van der Waals surface area contributed by atoms with E-state index in [1.165, 1.54) is 0 Å². The number of hydrogen-bond acceptors (Lipinski definition) is 4. The number of rotatable bonds is 6. The standard InChI is InChI=1S/C18H21N3O3/c1-13-3-6-15(20-11-13)9-10-19-17(22)18(23)21-12-14-4-7-16(24-2)8-5-14/h3-8,11H,9-10,12H2,1-2H3,(H,19,22)(H,21,23). The number of aromatic nitrogens is 1. The Morgan fingerprint density at radius 2 is 1.75 bits per heavy atom. The third-order valence-electron chi connectivity index (χ3n) is 3.46. The van der Waals surface area contributed by atoms with Gasteiger partial charge in [0.05, 0.1) is 7.11 Å². The average Bonchev–Trinajstić information content (AvgIpc) is 2.61. The molecule has 1 aromatic heterocycles. The number of nitrogens with zero attached hydrogens (tertiary/aromatic N) is 1. The number of carbonyl (C=O) groups excluding carboxylic acids is 2. The van der Waals surface area contributed by atoms with E-state index in [2.05, 4.69) is 15.6 Å². The zero-order chi connectivity index (χ0) is 17.4. The predicted molar refractivity (Wildman–Crippen MR) is 90.5 cm³/mol. The third kappa shape index (κ3) is 5.39. The van der Waals surface area contributed by atoms with E-state index in [4.69, 9.17) is 4.74 Å². The lowest BCUT2D eigenvalue weighted by molar-refractivity contribution is -0.139. The number of nitrogens with one attached hydrogen (secondary N) is 2. The van der Waals surface area contributed by atoms with Crippen molar-refractivity contribution in [2.24, 2.45) is 0 Å². The summed E-state index contributed by atoms with van der Waals surface area (Å²) in [6.45, 7) is 2.62. The Balaban J connectivity index is 1.71. The van der Waals surface area contributed by atoms with Crippen LogP contribution < -0.4 is 15.4 Å². The van der Waals surface area contributed by atoms with Crippen molar-refractivity contribution in [1.29, 1.82) is 0 Å². The van der Waals surface area contributed by atoms with Crippen LogP contribution >= 0.6 is 0 Å². The molecule has 0 radical (unpaired) electrons. The lowest BCUT2D eigenvalue weighted by Gasteiger charge is -2.07. The van der Waals surface area contributed by atoms with Gasteiger partial charge in [0.2, 0.25) is 0 Å². The molecule has 0 aliphatic heterocycles. The Kier molecular flexibility index (Phi) is 6.31. The first-order valence-electron chi connectivity index (χ1n) is 7.69. The molecule has 126 valence electrons. The summed E-state index contributed by atoms with van der Waals surface area (Å²) in [4.78, 5) is 27.8. The Labute approximate surface area is 141 Å². The van der Waals surface area contributed by atoms with Gasteiger partial charge in [-0.1, -0.05) is 18.2 Å². The molecule has 0 unspecified atom stereocenters. The Morgan fingerprint density at radius 3 is 2.38 bits per heavy atom. The van der Waals surface area contributed by atoms with Gasteiger partial charge in [0.15, 0.2) is 0 Å². The van der Waals surface area contributed by atoms with Crippen molar-refractivity contribution < 1.29 is 14.3 Å². The first-order chi connectivity index (χ1) is 11.6. The van der Waals surface area contributed by atoms with Crippen LogP contribution in [0.2, 0.25) is 0 Å². The molecule has 0 atom stereocenters. The fourth-order valence-corrected chi connectivity index (χ4v) is 2.04. The molecular weight excluding hydrogens is 306 g/mol. The maximum atomic E-state index is 11.8. The predicted octanol–water partition coefficient (Wildman–Crippen LogP) is 1.37. The number of carbonyl (C=O) groups is 2. The van der Waals surface area contributed by atoms with Gasteiger partial charge in [-0.15, -0.1) is 0 Å². The van der Waals surface area contributed by atoms with E-state index in [-0.39, 0.29) is 6.54 Å². The largest absolute Gasteiger partial charge is 0.497 e. The van der Waals surface area contributed by atoms with Crippen molar-refractivity contribution in [2.75, 3.05) is 13.7 Å². The van der Waals surface area contributed by atoms with Crippen molar-refractivity contribution in [2.45, 2.75) is 19.9 Å². The number of benzene rings is 1. The highest BCUT2D eigenvalue weighted by Crippen LogP contribution is 2.10. The molecule has 1 aromatic carbocycles. The number of pyridine rings is 1. The van der Waals surface area contributed by atoms with Gasteiger partial charge in [0.1, 0.15) is 5.75 Å². The van der Waals surface area contributed by atoms with Crippen LogP contribution in [0.1, 0.15) is 16.8 Å². The lowest BCUT2D eigenvalue weighted by atomic mass is 10.2. The summed E-state index contributed by atoms with van der Waals surface area (Å²) in [7, 11) is 1.59. The van der Waals surface area contributed by atoms with Crippen LogP contribution in [-0.4, -0.2) is 30.5 Å². The minimum atomic E-state index is -0.650. The van der Waals surface area contributed by atoms with Gasteiger partial charge in [-0.05, 0) is 36.2 Å². The number of aryl methyl sites for hydroxylation is 1. The van der Waals surface area contributed by atoms with Gasteiger partial charge in [-0.3, -0.25) is 14.6 Å². The average molecular weight is 327 g/mol. The van der Waals surface area contributed by atoms with Crippen molar-refractivity contribution in [3.8, 4) is 5.75 Å². The van der Waals surface area contributed by atoms with E-state index in [9.17, 15) is 9.59 Å².